The van der Waals surface area contributed by atoms with Crippen LogP contribution in [0.2, 0.25) is 0 Å². The summed E-state index contributed by atoms with van der Waals surface area (Å²) in [6.45, 7) is 6.55. The van der Waals surface area contributed by atoms with Gasteiger partial charge in [-0.05, 0) is 30.0 Å². The molecule has 0 amide bonds. The van der Waals surface area contributed by atoms with Crippen LogP contribution < -0.4 is 11.1 Å². The van der Waals surface area contributed by atoms with E-state index in [2.05, 4.69) is 26.1 Å². The van der Waals surface area contributed by atoms with Crippen LogP contribution in [0.4, 0.5) is 15.8 Å². The Morgan fingerprint density at radius 2 is 2.06 bits per heavy atom. The Hall–Kier alpha value is -1.29. The number of hydrogen-bond acceptors (Lipinski definition) is 3. The van der Waals surface area contributed by atoms with Crippen LogP contribution in [0.15, 0.2) is 18.2 Å². The number of aliphatic hydroxyl groups excluding tert-OH is 1. The molecule has 0 aliphatic rings. The molecule has 0 radical (unpaired) electrons. The molecule has 0 aromatic heterocycles. The summed E-state index contributed by atoms with van der Waals surface area (Å²) in [5.41, 5.74) is 6.76. The van der Waals surface area contributed by atoms with E-state index in [1.807, 2.05) is 0 Å². The molecule has 1 aromatic rings. The number of nitrogen functional groups attached to an aromatic ring is 1. The largest absolute Gasteiger partial charge is 0.397 e. The van der Waals surface area contributed by atoms with Gasteiger partial charge < -0.3 is 16.2 Å². The van der Waals surface area contributed by atoms with Gasteiger partial charge in [0, 0.05) is 6.54 Å². The molecule has 0 fully saturated rings. The fourth-order valence-corrected chi connectivity index (χ4v) is 1.69. The normalized spacial score (nSPS) is 13.5. The number of nitrogens with two attached hydrogens (primary N) is 1. The monoisotopic (exact) mass is 240 g/mol. The number of aliphatic hydroxyl groups is 1. The van der Waals surface area contributed by atoms with Gasteiger partial charge in [0.15, 0.2) is 0 Å². The molecule has 0 aliphatic carbocycles. The molecule has 96 valence electrons. The van der Waals surface area contributed by atoms with Crippen LogP contribution in [0.5, 0.6) is 0 Å². The van der Waals surface area contributed by atoms with Gasteiger partial charge in [-0.15, -0.1) is 0 Å². The lowest BCUT2D eigenvalue weighted by atomic mass is 9.89. The Morgan fingerprint density at radius 3 is 2.65 bits per heavy atom. The standard InChI is InChI=1S/C13H21FN2O/c1-13(2,3)7-10(17)8-16-12-6-9(14)4-5-11(12)15/h4-6,10,16-17H,7-8,15H2,1-3H3. The first-order chi connectivity index (χ1) is 7.78. The summed E-state index contributed by atoms with van der Waals surface area (Å²) >= 11 is 0. The number of nitrogens with one attached hydrogen (secondary N) is 1. The summed E-state index contributed by atoms with van der Waals surface area (Å²) < 4.78 is 13.0. The second-order valence-corrected chi connectivity index (χ2v) is 5.53. The van der Waals surface area contributed by atoms with E-state index in [4.69, 9.17) is 5.73 Å². The first kappa shape index (κ1) is 13.8. The van der Waals surface area contributed by atoms with Crippen LogP contribution in [-0.4, -0.2) is 17.8 Å². The van der Waals surface area contributed by atoms with Gasteiger partial charge in [-0.1, -0.05) is 20.8 Å². The highest BCUT2D eigenvalue weighted by atomic mass is 19.1. The fraction of sp³-hybridized carbons (Fsp3) is 0.538. The van der Waals surface area contributed by atoms with Crippen molar-refractivity contribution in [3.05, 3.63) is 24.0 Å². The molecule has 0 saturated carbocycles. The third-order valence-electron chi connectivity index (χ3n) is 2.39. The zero-order valence-electron chi connectivity index (χ0n) is 10.6. The molecule has 4 N–H and O–H groups in total. The maximum atomic E-state index is 13.0. The third-order valence-corrected chi connectivity index (χ3v) is 2.39. The molecule has 1 atom stereocenters. The topological polar surface area (TPSA) is 58.3 Å². The molecule has 1 aromatic carbocycles. The van der Waals surface area contributed by atoms with Crippen molar-refractivity contribution < 1.29 is 9.50 Å². The van der Waals surface area contributed by atoms with Crippen LogP contribution in [-0.2, 0) is 0 Å². The second kappa shape index (κ2) is 5.36. The van der Waals surface area contributed by atoms with Crippen molar-refractivity contribution in [3.8, 4) is 0 Å². The minimum absolute atomic E-state index is 0.0641. The van der Waals surface area contributed by atoms with E-state index in [0.717, 1.165) is 0 Å². The predicted octanol–water partition coefficient (Wildman–Crippen LogP) is 2.62. The van der Waals surface area contributed by atoms with Gasteiger partial charge in [0.05, 0.1) is 17.5 Å². The van der Waals surface area contributed by atoms with Gasteiger partial charge >= 0.3 is 0 Å². The van der Waals surface area contributed by atoms with Crippen molar-refractivity contribution in [3.63, 3.8) is 0 Å². The van der Waals surface area contributed by atoms with Crippen molar-refractivity contribution >= 4 is 11.4 Å². The van der Waals surface area contributed by atoms with E-state index in [0.29, 0.717) is 24.3 Å². The molecule has 0 spiro atoms. The number of rotatable bonds is 4. The van der Waals surface area contributed by atoms with Crippen LogP contribution in [0.25, 0.3) is 0 Å². The maximum absolute atomic E-state index is 13.0. The van der Waals surface area contributed by atoms with Gasteiger partial charge in [0.2, 0.25) is 0 Å². The van der Waals surface area contributed by atoms with Crippen LogP contribution in [0.1, 0.15) is 27.2 Å². The first-order valence-electron chi connectivity index (χ1n) is 5.75. The Balaban J connectivity index is 2.53. The van der Waals surface area contributed by atoms with Gasteiger partial charge in [-0.25, -0.2) is 4.39 Å². The zero-order chi connectivity index (χ0) is 13.1. The Bertz CT molecular complexity index is 374. The van der Waals surface area contributed by atoms with E-state index >= 15 is 0 Å². The minimum Gasteiger partial charge on any atom is -0.397 e. The molecule has 0 heterocycles. The van der Waals surface area contributed by atoms with Crippen molar-refractivity contribution in [2.45, 2.75) is 33.3 Å². The molecule has 1 rings (SSSR count). The number of halogens is 1. The summed E-state index contributed by atoms with van der Waals surface area (Å²) in [5.74, 6) is -0.341. The summed E-state index contributed by atoms with van der Waals surface area (Å²) in [5, 5.41) is 12.8. The maximum Gasteiger partial charge on any atom is 0.125 e. The molecule has 0 saturated heterocycles. The van der Waals surface area contributed by atoms with Crippen LogP contribution in [0, 0.1) is 11.2 Å². The van der Waals surface area contributed by atoms with Gasteiger partial charge in [-0.3, -0.25) is 0 Å². The van der Waals surface area contributed by atoms with Crippen LogP contribution >= 0.6 is 0 Å². The molecule has 1 unspecified atom stereocenters. The average molecular weight is 240 g/mol. The summed E-state index contributed by atoms with van der Waals surface area (Å²) in [6.07, 6.45) is 0.201. The fourth-order valence-electron chi connectivity index (χ4n) is 1.69. The van der Waals surface area contributed by atoms with E-state index < -0.39 is 6.10 Å². The highest BCUT2D eigenvalue weighted by Crippen LogP contribution is 2.22. The Labute approximate surface area is 102 Å². The third kappa shape index (κ3) is 5.04. The van der Waals surface area contributed by atoms with Crippen molar-refractivity contribution in [2.24, 2.45) is 5.41 Å². The summed E-state index contributed by atoms with van der Waals surface area (Å²) in [6, 6.07) is 4.15. The summed E-state index contributed by atoms with van der Waals surface area (Å²) in [4.78, 5) is 0. The number of benzene rings is 1. The van der Waals surface area contributed by atoms with E-state index in [1.54, 1.807) is 0 Å². The lowest BCUT2D eigenvalue weighted by Crippen LogP contribution is -2.25. The molecule has 4 heteroatoms. The average Bonchev–Trinajstić information content (AvgIpc) is 2.17. The molecule has 17 heavy (non-hydrogen) atoms. The van der Waals surface area contributed by atoms with Crippen molar-refractivity contribution in [1.29, 1.82) is 0 Å². The molecule has 0 aliphatic heterocycles. The lowest BCUT2D eigenvalue weighted by Gasteiger charge is -2.23. The lowest BCUT2D eigenvalue weighted by molar-refractivity contribution is 0.132. The number of hydrogen-bond donors (Lipinski definition) is 3. The molecular weight excluding hydrogens is 219 g/mol. The number of anilines is 2. The van der Waals surface area contributed by atoms with Crippen molar-refractivity contribution in [2.75, 3.05) is 17.6 Å². The smallest absolute Gasteiger partial charge is 0.125 e. The van der Waals surface area contributed by atoms with Gasteiger partial charge in [0.1, 0.15) is 5.82 Å². The second-order valence-electron chi connectivity index (χ2n) is 5.53. The van der Waals surface area contributed by atoms with E-state index in [9.17, 15) is 9.50 Å². The van der Waals surface area contributed by atoms with Gasteiger partial charge in [-0.2, -0.15) is 0 Å². The molecule has 3 nitrogen and oxygen atoms in total. The van der Waals surface area contributed by atoms with Crippen molar-refractivity contribution in [1.82, 2.24) is 0 Å². The predicted molar refractivity (Wildman–Crippen MR) is 69.4 cm³/mol. The highest BCUT2D eigenvalue weighted by molar-refractivity contribution is 5.65. The van der Waals surface area contributed by atoms with E-state index in [1.165, 1.54) is 18.2 Å². The molecule has 0 bridgehead atoms. The zero-order valence-corrected chi connectivity index (χ0v) is 10.6. The van der Waals surface area contributed by atoms with Gasteiger partial charge in [0.25, 0.3) is 0 Å². The summed E-state index contributed by atoms with van der Waals surface area (Å²) in [7, 11) is 0. The van der Waals surface area contributed by atoms with E-state index in [-0.39, 0.29) is 11.2 Å². The quantitative estimate of drug-likeness (QED) is 0.709. The highest BCUT2D eigenvalue weighted by Gasteiger charge is 2.16. The Kier molecular flexibility index (Phi) is 4.34. The Morgan fingerprint density at radius 1 is 1.41 bits per heavy atom. The van der Waals surface area contributed by atoms with Crippen LogP contribution in [0.3, 0.4) is 0 Å². The first-order valence-corrected chi connectivity index (χ1v) is 5.75. The SMILES string of the molecule is CC(C)(C)CC(O)CNc1cc(F)ccc1N. The minimum atomic E-state index is -0.474. The molecular formula is C13H21FN2O.